The number of amides is 1. The molecule has 0 spiro atoms. The number of rotatable bonds is 4. The first-order chi connectivity index (χ1) is 11.6. The molecule has 0 saturated heterocycles. The van der Waals surface area contributed by atoms with Crippen molar-refractivity contribution < 1.29 is 23.5 Å². The van der Waals surface area contributed by atoms with Gasteiger partial charge in [-0.3, -0.25) is 9.59 Å². The summed E-state index contributed by atoms with van der Waals surface area (Å²) in [5.41, 5.74) is 0.305. The Morgan fingerprint density at radius 1 is 1.08 bits per heavy atom. The predicted octanol–water partition coefficient (Wildman–Crippen LogP) is 3.16. The molecule has 124 valence electrons. The SMILES string of the molecule is O=C(CBr)Nc1cc2c(cc1C(=O)c1ccccc1F)OCCO2. The molecule has 1 amide bonds. The molecule has 1 aliphatic heterocycles. The molecule has 0 atom stereocenters. The van der Waals surface area contributed by atoms with Crippen molar-refractivity contribution in [1.82, 2.24) is 0 Å². The lowest BCUT2D eigenvalue weighted by atomic mass is 10.00. The van der Waals surface area contributed by atoms with E-state index in [1.54, 1.807) is 6.07 Å². The Kier molecular flexibility index (Phi) is 4.80. The van der Waals surface area contributed by atoms with Gasteiger partial charge in [-0.15, -0.1) is 0 Å². The number of ketones is 1. The van der Waals surface area contributed by atoms with Crippen LogP contribution < -0.4 is 14.8 Å². The van der Waals surface area contributed by atoms with Gasteiger partial charge in [0, 0.05) is 6.07 Å². The fraction of sp³-hybridized carbons (Fsp3) is 0.176. The summed E-state index contributed by atoms with van der Waals surface area (Å²) in [7, 11) is 0. The van der Waals surface area contributed by atoms with Gasteiger partial charge in [0.1, 0.15) is 19.0 Å². The third-order valence-electron chi connectivity index (χ3n) is 3.44. The van der Waals surface area contributed by atoms with Crippen LogP contribution in [0.25, 0.3) is 0 Å². The summed E-state index contributed by atoms with van der Waals surface area (Å²) in [6.07, 6.45) is 0. The molecule has 5 nitrogen and oxygen atoms in total. The number of alkyl halides is 1. The Morgan fingerprint density at radius 3 is 2.42 bits per heavy atom. The minimum atomic E-state index is -0.629. The Bertz CT molecular complexity index is 809. The number of nitrogens with one attached hydrogen (secondary N) is 1. The van der Waals surface area contributed by atoms with Crippen LogP contribution in [-0.4, -0.2) is 30.2 Å². The molecule has 1 heterocycles. The van der Waals surface area contributed by atoms with E-state index in [0.717, 1.165) is 0 Å². The molecule has 0 bridgehead atoms. The Labute approximate surface area is 145 Å². The van der Waals surface area contributed by atoms with E-state index in [4.69, 9.17) is 9.47 Å². The highest BCUT2D eigenvalue weighted by molar-refractivity contribution is 9.09. The number of ether oxygens (including phenoxy) is 2. The molecule has 0 aliphatic carbocycles. The maximum absolute atomic E-state index is 14.0. The summed E-state index contributed by atoms with van der Waals surface area (Å²) in [5, 5.41) is 2.68. The first-order valence-electron chi connectivity index (χ1n) is 7.19. The lowest BCUT2D eigenvalue weighted by molar-refractivity contribution is -0.113. The summed E-state index contributed by atoms with van der Waals surface area (Å²) in [6.45, 7) is 0.729. The highest BCUT2D eigenvalue weighted by Crippen LogP contribution is 2.36. The molecule has 0 fully saturated rings. The summed E-state index contributed by atoms with van der Waals surface area (Å²) < 4.78 is 24.9. The quantitative estimate of drug-likeness (QED) is 0.639. The van der Waals surface area contributed by atoms with Crippen LogP contribution >= 0.6 is 15.9 Å². The third kappa shape index (κ3) is 3.26. The van der Waals surface area contributed by atoms with Gasteiger partial charge in [0.25, 0.3) is 0 Å². The number of benzene rings is 2. The van der Waals surface area contributed by atoms with Gasteiger partial charge in [-0.25, -0.2) is 4.39 Å². The van der Waals surface area contributed by atoms with Crippen LogP contribution in [0.3, 0.4) is 0 Å². The van der Waals surface area contributed by atoms with Crippen LogP contribution in [0.15, 0.2) is 36.4 Å². The van der Waals surface area contributed by atoms with Crippen LogP contribution in [0.4, 0.5) is 10.1 Å². The van der Waals surface area contributed by atoms with Crippen molar-refractivity contribution in [3.63, 3.8) is 0 Å². The first-order valence-corrected chi connectivity index (χ1v) is 8.31. The summed E-state index contributed by atoms with van der Waals surface area (Å²) in [4.78, 5) is 24.5. The molecule has 1 N–H and O–H groups in total. The number of fused-ring (bicyclic) bond motifs is 1. The zero-order chi connectivity index (χ0) is 17.1. The van der Waals surface area contributed by atoms with E-state index in [1.807, 2.05) is 0 Å². The van der Waals surface area contributed by atoms with Gasteiger partial charge in [0.15, 0.2) is 17.3 Å². The number of anilines is 1. The normalized spacial score (nSPS) is 12.6. The van der Waals surface area contributed by atoms with Crippen LogP contribution in [0.5, 0.6) is 11.5 Å². The summed E-state index contributed by atoms with van der Waals surface area (Å²) >= 11 is 3.05. The number of carbonyl (C=O) groups excluding carboxylic acids is 2. The molecule has 0 unspecified atom stereocenters. The molecule has 2 aromatic carbocycles. The highest BCUT2D eigenvalue weighted by atomic mass is 79.9. The molecule has 24 heavy (non-hydrogen) atoms. The Balaban J connectivity index is 2.08. The topological polar surface area (TPSA) is 64.6 Å². The van der Waals surface area contributed by atoms with Gasteiger partial charge in [0.2, 0.25) is 5.91 Å². The zero-order valence-electron chi connectivity index (χ0n) is 12.5. The molecule has 3 rings (SSSR count). The smallest absolute Gasteiger partial charge is 0.235 e. The van der Waals surface area contributed by atoms with E-state index in [-0.39, 0.29) is 28.1 Å². The van der Waals surface area contributed by atoms with E-state index in [1.165, 1.54) is 30.3 Å². The number of hydrogen-bond acceptors (Lipinski definition) is 4. The van der Waals surface area contributed by atoms with Crippen molar-refractivity contribution in [2.24, 2.45) is 0 Å². The largest absolute Gasteiger partial charge is 0.486 e. The van der Waals surface area contributed by atoms with E-state index >= 15 is 0 Å². The molecular weight excluding hydrogens is 381 g/mol. The van der Waals surface area contributed by atoms with E-state index < -0.39 is 11.6 Å². The number of halogens is 2. The second kappa shape index (κ2) is 7.00. The van der Waals surface area contributed by atoms with Crippen molar-refractivity contribution in [2.45, 2.75) is 0 Å². The van der Waals surface area contributed by atoms with Crippen molar-refractivity contribution in [2.75, 3.05) is 23.9 Å². The van der Waals surface area contributed by atoms with Gasteiger partial charge >= 0.3 is 0 Å². The van der Waals surface area contributed by atoms with E-state index in [9.17, 15) is 14.0 Å². The lowest BCUT2D eigenvalue weighted by Gasteiger charge is -2.21. The monoisotopic (exact) mass is 393 g/mol. The van der Waals surface area contributed by atoms with E-state index in [2.05, 4.69) is 21.2 Å². The van der Waals surface area contributed by atoms with Crippen molar-refractivity contribution in [1.29, 1.82) is 0 Å². The minimum Gasteiger partial charge on any atom is -0.486 e. The van der Waals surface area contributed by atoms with Gasteiger partial charge in [0.05, 0.1) is 22.1 Å². The Hall–Kier alpha value is -2.41. The molecular formula is C17H13BrFNO4. The van der Waals surface area contributed by atoms with Gasteiger partial charge in [-0.05, 0) is 18.2 Å². The number of carbonyl (C=O) groups is 2. The third-order valence-corrected chi connectivity index (χ3v) is 3.95. The van der Waals surface area contributed by atoms with Crippen LogP contribution in [0, 0.1) is 5.82 Å². The Morgan fingerprint density at radius 2 is 1.75 bits per heavy atom. The van der Waals surface area contributed by atoms with Crippen molar-refractivity contribution in [3.05, 3.63) is 53.3 Å². The molecule has 2 aromatic rings. The van der Waals surface area contributed by atoms with Crippen LogP contribution in [0.2, 0.25) is 0 Å². The minimum absolute atomic E-state index is 0.0643. The average molecular weight is 394 g/mol. The summed E-state index contributed by atoms with van der Waals surface area (Å²) in [5.74, 6) is -0.701. The first kappa shape index (κ1) is 16.4. The second-order valence-corrected chi connectivity index (χ2v) is 5.59. The average Bonchev–Trinajstić information content (AvgIpc) is 2.61. The zero-order valence-corrected chi connectivity index (χ0v) is 14.1. The molecule has 7 heteroatoms. The molecule has 0 radical (unpaired) electrons. The second-order valence-electron chi connectivity index (χ2n) is 5.03. The molecule has 0 aromatic heterocycles. The molecule has 0 saturated carbocycles. The van der Waals surface area contributed by atoms with Gasteiger partial charge < -0.3 is 14.8 Å². The maximum Gasteiger partial charge on any atom is 0.235 e. The standard InChI is InChI=1S/C17H13BrFNO4/c18-9-16(21)20-13-8-15-14(23-5-6-24-15)7-11(13)17(22)10-3-1-2-4-12(10)19/h1-4,7-8H,5-6,9H2,(H,20,21). The summed E-state index contributed by atoms with van der Waals surface area (Å²) in [6, 6.07) is 8.66. The van der Waals surface area contributed by atoms with Gasteiger partial charge in [-0.1, -0.05) is 28.1 Å². The van der Waals surface area contributed by atoms with Crippen LogP contribution in [-0.2, 0) is 4.79 Å². The molecule has 1 aliphatic rings. The van der Waals surface area contributed by atoms with Gasteiger partial charge in [-0.2, -0.15) is 0 Å². The fourth-order valence-electron chi connectivity index (χ4n) is 2.35. The van der Waals surface area contributed by atoms with Crippen molar-refractivity contribution >= 4 is 33.3 Å². The highest BCUT2D eigenvalue weighted by Gasteiger charge is 2.23. The van der Waals surface area contributed by atoms with Crippen LogP contribution in [0.1, 0.15) is 15.9 Å². The van der Waals surface area contributed by atoms with Crippen molar-refractivity contribution in [3.8, 4) is 11.5 Å². The van der Waals surface area contributed by atoms with E-state index in [0.29, 0.717) is 24.7 Å². The predicted molar refractivity (Wildman–Crippen MR) is 89.7 cm³/mol. The fourth-order valence-corrected chi connectivity index (χ4v) is 2.49. The number of hydrogen-bond donors (Lipinski definition) is 1. The maximum atomic E-state index is 14.0. The lowest BCUT2D eigenvalue weighted by Crippen LogP contribution is -2.19.